The molecule has 0 bridgehead atoms. The van der Waals surface area contributed by atoms with E-state index in [2.05, 4.69) is 33.2 Å². The van der Waals surface area contributed by atoms with Crippen LogP contribution in [0.3, 0.4) is 0 Å². The number of thiazole rings is 1. The molecular weight excluding hydrogens is 327 g/mol. The van der Waals surface area contributed by atoms with Crippen molar-refractivity contribution >= 4 is 27.3 Å². The summed E-state index contributed by atoms with van der Waals surface area (Å²) in [5.41, 5.74) is 3.51. The molecule has 0 aliphatic rings. The van der Waals surface area contributed by atoms with Crippen LogP contribution in [0.4, 0.5) is 4.39 Å². The number of nitrogens with one attached hydrogen (secondary N) is 1. The van der Waals surface area contributed by atoms with Crippen molar-refractivity contribution in [3.8, 4) is 0 Å². The lowest BCUT2D eigenvalue weighted by Crippen LogP contribution is -2.24. The number of hydrogen-bond acceptors (Lipinski definition) is 3. The van der Waals surface area contributed by atoms with E-state index in [4.69, 9.17) is 0 Å². The van der Waals surface area contributed by atoms with E-state index in [-0.39, 0.29) is 11.9 Å². The van der Waals surface area contributed by atoms with Crippen LogP contribution in [0.1, 0.15) is 30.6 Å². The van der Waals surface area contributed by atoms with Gasteiger partial charge in [-0.3, -0.25) is 0 Å². The summed E-state index contributed by atoms with van der Waals surface area (Å²) in [6.07, 6.45) is 1.66. The maximum atomic E-state index is 13.9. The van der Waals surface area contributed by atoms with Crippen LogP contribution in [0, 0.1) is 5.82 Å². The van der Waals surface area contributed by atoms with Crippen LogP contribution in [0.2, 0.25) is 0 Å². The molecule has 0 fully saturated rings. The predicted octanol–water partition coefficient (Wildman–Crippen LogP) is 4.33. The molecule has 5 heteroatoms. The molecule has 0 aliphatic heterocycles. The number of aromatic nitrogens is 1. The molecule has 1 atom stereocenters. The van der Waals surface area contributed by atoms with Crippen LogP contribution in [-0.4, -0.2) is 11.5 Å². The van der Waals surface area contributed by atoms with Crippen molar-refractivity contribution in [1.29, 1.82) is 0 Å². The zero-order valence-corrected chi connectivity index (χ0v) is 13.1. The van der Waals surface area contributed by atoms with E-state index in [9.17, 15) is 4.39 Å². The smallest absolute Gasteiger partial charge is 0.127 e. The summed E-state index contributed by atoms with van der Waals surface area (Å²) in [5, 5.41) is 5.45. The molecule has 2 aromatic rings. The van der Waals surface area contributed by atoms with Crippen molar-refractivity contribution in [3.05, 3.63) is 50.6 Å². The first-order valence-corrected chi connectivity index (χ1v) is 7.99. The van der Waals surface area contributed by atoms with Crippen molar-refractivity contribution < 1.29 is 4.39 Å². The maximum Gasteiger partial charge on any atom is 0.127 e. The lowest BCUT2D eigenvalue weighted by atomic mass is 10.0. The van der Waals surface area contributed by atoms with Gasteiger partial charge in [-0.15, -0.1) is 11.3 Å². The van der Waals surface area contributed by atoms with Crippen LogP contribution in [0.15, 0.2) is 33.6 Å². The Labute approximate surface area is 125 Å². The molecule has 102 valence electrons. The molecule has 2 rings (SSSR count). The Morgan fingerprint density at radius 1 is 1.47 bits per heavy atom. The van der Waals surface area contributed by atoms with Crippen molar-refractivity contribution in [3.63, 3.8) is 0 Å². The Hall–Kier alpha value is -0.780. The van der Waals surface area contributed by atoms with E-state index in [0.717, 1.165) is 23.1 Å². The van der Waals surface area contributed by atoms with Gasteiger partial charge < -0.3 is 5.32 Å². The Morgan fingerprint density at radius 3 is 2.95 bits per heavy atom. The van der Waals surface area contributed by atoms with Crippen molar-refractivity contribution in [1.82, 2.24) is 10.3 Å². The molecule has 1 heterocycles. The molecule has 0 saturated heterocycles. The molecule has 0 aliphatic carbocycles. The molecule has 0 radical (unpaired) electrons. The minimum atomic E-state index is -0.173. The van der Waals surface area contributed by atoms with Gasteiger partial charge in [-0.2, -0.15) is 0 Å². The highest BCUT2D eigenvalue weighted by Gasteiger charge is 2.15. The molecule has 0 amide bonds. The summed E-state index contributed by atoms with van der Waals surface area (Å²) in [4.78, 5) is 4.34. The molecule has 1 unspecified atom stereocenters. The lowest BCUT2D eigenvalue weighted by Gasteiger charge is -2.17. The predicted molar refractivity (Wildman–Crippen MR) is 81.0 cm³/mol. The standard InChI is InChI=1S/C14H16BrFN2S/c1-2-5-17-13(14-8-19-9-18-14)6-10-3-4-11(15)7-12(10)16/h3-4,7-9,13,17H,2,5-6H2,1H3. The highest BCUT2D eigenvalue weighted by atomic mass is 79.9. The molecule has 1 N–H and O–H groups in total. The van der Waals surface area contributed by atoms with Crippen LogP contribution in [0.5, 0.6) is 0 Å². The van der Waals surface area contributed by atoms with Gasteiger partial charge in [-0.05, 0) is 37.1 Å². The zero-order chi connectivity index (χ0) is 13.7. The number of halogens is 2. The Kier molecular flexibility index (Phi) is 5.48. The van der Waals surface area contributed by atoms with Gasteiger partial charge in [0.1, 0.15) is 5.82 Å². The van der Waals surface area contributed by atoms with Crippen LogP contribution in [-0.2, 0) is 6.42 Å². The summed E-state index contributed by atoms with van der Waals surface area (Å²) in [7, 11) is 0. The van der Waals surface area contributed by atoms with Crippen LogP contribution >= 0.6 is 27.3 Å². The van der Waals surface area contributed by atoms with Crippen molar-refractivity contribution in [2.24, 2.45) is 0 Å². The average molecular weight is 343 g/mol. The molecule has 0 spiro atoms. The monoisotopic (exact) mass is 342 g/mol. The van der Waals surface area contributed by atoms with Gasteiger partial charge >= 0.3 is 0 Å². The van der Waals surface area contributed by atoms with Crippen LogP contribution in [0.25, 0.3) is 0 Å². The first kappa shape index (κ1) is 14.6. The van der Waals surface area contributed by atoms with E-state index in [1.165, 1.54) is 6.07 Å². The lowest BCUT2D eigenvalue weighted by molar-refractivity contribution is 0.505. The SMILES string of the molecule is CCCNC(Cc1ccc(Br)cc1F)c1cscn1. The first-order chi connectivity index (χ1) is 9.20. The maximum absolute atomic E-state index is 13.9. The van der Waals surface area contributed by atoms with Gasteiger partial charge in [0.05, 0.1) is 17.2 Å². The topological polar surface area (TPSA) is 24.9 Å². The Bertz CT molecular complexity index is 516. The van der Waals surface area contributed by atoms with Gasteiger partial charge in [0, 0.05) is 9.85 Å². The minimum absolute atomic E-state index is 0.0712. The third-order valence-electron chi connectivity index (χ3n) is 2.89. The van der Waals surface area contributed by atoms with E-state index in [0.29, 0.717) is 12.0 Å². The van der Waals surface area contributed by atoms with Gasteiger partial charge in [0.2, 0.25) is 0 Å². The highest BCUT2D eigenvalue weighted by molar-refractivity contribution is 9.10. The summed E-state index contributed by atoms with van der Waals surface area (Å²) < 4.78 is 14.7. The number of rotatable bonds is 6. The van der Waals surface area contributed by atoms with Gasteiger partial charge in [-0.25, -0.2) is 9.37 Å². The van der Waals surface area contributed by atoms with Crippen LogP contribution < -0.4 is 5.32 Å². The van der Waals surface area contributed by atoms with Gasteiger partial charge in [0.25, 0.3) is 0 Å². The second-order valence-corrected chi connectivity index (χ2v) is 5.99. The van der Waals surface area contributed by atoms with E-state index < -0.39 is 0 Å². The van der Waals surface area contributed by atoms with Gasteiger partial charge in [-0.1, -0.05) is 28.9 Å². The molecule has 1 aromatic heterocycles. The van der Waals surface area contributed by atoms with E-state index >= 15 is 0 Å². The third-order valence-corrected chi connectivity index (χ3v) is 3.99. The summed E-state index contributed by atoms with van der Waals surface area (Å²) >= 11 is 4.84. The summed E-state index contributed by atoms with van der Waals surface area (Å²) in [6, 6.07) is 5.28. The number of hydrogen-bond donors (Lipinski definition) is 1. The molecule has 1 aromatic carbocycles. The quantitative estimate of drug-likeness (QED) is 0.845. The second-order valence-electron chi connectivity index (χ2n) is 4.36. The molecule has 2 nitrogen and oxygen atoms in total. The fourth-order valence-corrected chi connectivity index (χ4v) is 2.84. The highest BCUT2D eigenvalue weighted by Crippen LogP contribution is 2.22. The Balaban J connectivity index is 2.15. The fourth-order valence-electron chi connectivity index (χ4n) is 1.90. The largest absolute Gasteiger partial charge is 0.308 e. The summed E-state index contributed by atoms with van der Waals surface area (Å²) in [6.45, 7) is 3.02. The third kappa shape index (κ3) is 4.09. The average Bonchev–Trinajstić information content (AvgIpc) is 2.90. The van der Waals surface area contributed by atoms with Crippen molar-refractivity contribution in [2.75, 3.05) is 6.54 Å². The molecule has 19 heavy (non-hydrogen) atoms. The molecular formula is C14H16BrFN2S. The van der Waals surface area contributed by atoms with Crippen molar-refractivity contribution in [2.45, 2.75) is 25.8 Å². The minimum Gasteiger partial charge on any atom is -0.308 e. The molecule has 0 saturated carbocycles. The number of benzene rings is 1. The Morgan fingerprint density at radius 2 is 2.32 bits per heavy atom. The van der Waals surface area contributed by atoms with Gasteiger partial charge in [0.15, 0.2) is 0 Å². The van der Waals surface area contributed by atoms with E-state index in [1.54, 1.807) is 11.3 Å². The number of nitrogens with zero attached hydrogens (tertiary/aromatic N) is 1. The first-order valence-electron chi connectivity index (χ1n) is 6.26. The second kappa shape index (κ2) is 7.12. The summed E-state index contributed by atoms with van der Waals surface area (Å²) in [5.74, 6) is -0.173. The van der Waals surface area contributed by atoms with E-state index in [1.807, 2.05) is 23.0 Å². The fraction of sp³-hybridized carbons (Fsp3) is 0.357. The normalized spacial score (nSPS) is 12.6. The zero-order valence-electron chi connectivity index (χ0n) is 10.7.